The number of sulfonamides is 1. The summed E-state index contributed by atoms with van der Waals surface area (Å²) in [7, 11) is -0.727. The Hall–Kier alpha value is -2.89. The Balaban J connectivity index is 2.20. The lowest BCUT2D eigenvalue weighted by atomic mass is 10.2. The quantitative estimate of drug-likeness (QED) is 0.246. The van der Waals surface area contributed by atoms with Gasteiger partial charge in [0.2, 0.25) is 10.0 Å². The maximum atomic E-state index is 12.8. The highest BCUT2D eigenvalue weighted by Crippen LogP contribution is 2.39. The minimum atomic E-state index is -3.81. The van der Waals surface area contributed by atoms with Crippen molar-refractivity contribution < 1.29 is 22.8 Å². The number of rotatable bonds is 10. The van der Waals surface area contributed by atoms with Crippen molar-refractivity contribution in [2.45, 2.75) is 19.5 Å². The summed E-state index contributed by atoms with van der Waals surface area (Å²) in [6.45, 7) is 0.657. The van der Waals surface area contributed by atoms with Crippen LogP contribution in [-0.4, -0.2) is 50.2 Å². The smallest absolute Gasteiger partial charge is 0.295 e. The van der Waals surface area contributed by atoms with E-state index >= 15 is 0 Å². The molecule has 1 aromatic heterocycles. The highest BCUT2D eigenvalue weighted by atomic mass is 35.5. The van der Waals surface area contributed by atoms with E-state index in [1.807, 2.05) is 0 Å². The fraction of sp³-hybridized carbons (Fsp3) is 0.350. The third-order valence-corrected chi connectivity index (χ3v) is 6.26. The number of fused-ring (bicyclic) bond motifs is 1. The molecule has 3 aromatic rings. The molecule has 0 saturated carbocycles. The Morgan fingerprint density at radius 3 is 2.44 bits per heavy atom. The minimum absolute atomic E-state index is 0.0319. The molecule has 2 aromatic carbocycles. The van der Waals surface area contributed by atoms with Crippen molar-refractivity contribution >= 4 is 44.0 Å². The second-order valence-corrected chi connectivity index (χ2v) is 9.37. The van der Waals surface area contributed by atoms with Crippen molar-refractivity contribution in [1.82, 2.24) is 9.78 Å². The van der Waals surface area contributed by atoms with E-state index in [2.05, 4.69) is 5.10 Å². The van der Waals surface area contributed by atoms with Crippen LogP contribution in [0.25, 0.3) is 10.9 Å². The first-order valence-electron chi connectivity index (χ1n) is 9.60. The lowest BCUT2D eigenvalue weighted by Crippen LogP contribution is -2.30. The molecular weight excluding hydrogens is 460 g/mol. The first-order valence-corrected chi connectivity index (χ1v) is 11.8. The number of nitro groups is 1. The molecule has 0 aliphatic heterocycles. The fourth-order valence-corrected chi connectivity index (χ4v) is 4.39. The Morgan fingerprint density at radius 1 is 1.19 bits per heavy atom. The summed E-state index contributed by atoms with van der Waals surface area (Å²) >= 11 is 6.41. The standard InChI is InChI=1S/C20H23ClN4O6S/c1-30-12-4-11-23-19-17(25(26)27)10-9-16(21)18(19)20(22-23)24(32(3,28)29)13-14-5-7-15(31-2)8-6-14/h5-10H,4,11-13H2,1-3H3. The molecule has 32 heavy (non-hydrogen) atoms. The van der Waals surface area contributed by atoms with E-state index in [0.29, 0.717) is 24.3 Å². The summed E-state index contributed by atoms with van der Waals surface area (Å²) < 4.78 is 38.2. The molecule has 0 spiro atoms. The van der Waals surface area contributed by atoms with Crippen LogP contribution in [0.15, 0.2) is 36.4 Å². The fourth-order valence-electron chi connectivity index (χ4n) is 3.33. The largest absolute Gasteiger partial charge is 0.497 e. The number of hydrogen-bond donors (Lipinski definition) is 0. The van der Waals surface area contributed by atoms with Gasteiger partial charge in [-0.2, -0.15) is 5.10 Å². The van der Waals surface area contributed by atoms with Gasteiger partial charge < -0.3 is 9.47 Å². The van der Waals surface area contributed by atoms with Gasteiger partial charge in [-0.25, -0.2) is 12.7 Å². The maximum absolute atomic E-state index is 12.8. The topological polar surface area (TPSA) is 117 Å². The molecule has 0 saturated heterocycles. The summed E-state index contributed by atoms with van der Waals surface area (Å²) in [5.74, 6) is 0.663. The third-order valence-electron chi connectivity index (χ3n) is 4.84. The van der Waals surface area contributed by atoms with E-state index < -0.39 is 14.9 Å². The van der Waals surface area contributed by atoms with Crippen LogP contribution in [-0.2, 0) is 27.8 Å². The van der Waals surface area contributed by atoms with Crippen LogP contribution >= 0.6 is 11.6 Å². The van der Waals surface area contributed by atoms with Crippen LogP contribution in [0.3, 0.4) is 0 Å². The summed E-state index contributed by atoms with van der Waals surface area (Å²) in [4.78, 5) is 11.2. The molecule has 12 heteroatoms. The molecule has 0 atom stereocenters. The SMILES string of the molecule is COCCCn1nc(N(Cc2ccc(OC)cc2)S(C)(=O)=O)c2c(Cl)ccc([N+](=O)[O-])c21. The molecule has 0 fully saturated rings. The molecule has 3 rings (SSSR count). The first kappa shape index (κ1) is 23.8. The molecule has 10 nitrogen and oxygen atoms in total. The van der Waals surface area contributed by atoms with Gasteiger partial charge >= 0.3 is 0 Å². The van der Waals surface area contributed by atoms with E-state index in [4.69, 9.17) is 21.1 Å². The number of halogens is 1. The number of aryl methyl sites for hydroxylation is 1. The molecular formula is C20H23ClN4O6S. The van der Waals surface area contributed by atoms with Crippen LogP contribution in [0.2, 0.25) is 5.02 Å². The molecule has 0 radical (unpaired) electrons. The number of anilines is 1. The molecule has 0 bridgehead atoms. The number of nitro benzene ring substituents is 1. The normalized spacial score (nSPS) is 11.6. The van der Waals surface area contributed by atoms with Gasteiger partial charge in [-0.1, -0.05) is 23.7 Å². The van der Waals surface area contributed by atoms with E-state index in [-0.39, 0.29) is 40.5 Å². The summed E-state index contributed by atoms with van der Waals surface area (Å²) in [5, 5.41) is 16.5. The van der Waals surface area contributed by atoms with Crippen LogP contribution in [0.1, 0.15) is 12.0 Å². The number of benzene rings is 2. The number of ether oxygens (including phenoxy) is 2. The van der Waals surface area contributed by atoms with Crippen molar-refractivity contribution in [3.05, 3.63) is 57.1 Å². The predicted octanol–water partition coefficient (Wildman–Crippen LogP) is 3.61. The zero-order valence-corrected chi connectivity index (χ0v) is 19.4. The van der Waals surface area contributed by atoms with Crippen molar-refractivity contribution in [3.8, 4) is 5.75 Å². The Labute approximate surface area is 190 Å². The lowest BCUT2D eigenvalue weighted by Gasteiger charge is -2.20. The highest BCUT2D eigenvalue weighted by Gasteiger charge is 2.29. The zero-order chi connectivity index (χ0) is 23.5. The maximum Gasteiger partial charge on any atom is 0.295 e. The van der Waals surface area contributed by atoms with Crippen LogP contribution in [0.5, 0.6) is 5.75 Å². The monoisotopic (exact) mass is 482 g/mol. The molecule has 0 amide bonds. The first-order chi connectivity index (χ1) is 15.2. The molecule has 1 heterocycles. The van der Waals surface area contributed by atoms with E-state index in [9.17, 15) is 18.5 Å². The summed E-state index contributed by atoms with van der Waals surface area (Å²) in [6.07, 6.45) is 1.57. The van der Waals surface area contributed by atoms with Crippen molar-refractivity contribution in [1.29, 1.82) is 0 Å². The zero-order valence-electron chi connectivity index (χ0n) is 17.8. The van der Waals surface area contributed by atoms with Crippen molar-refractivity contribution in [2.24, 2.45) is 0 Å². The molecule has 0 N–H and O–H groups in total. The lowest BCUT2D eigenvalue weighted by molar-refractivity contribution is -0.383. The second-order valence-electron chi connectivity index (χ2n) is 7.06. The molecule has 0 unspecified atom stereocenters. The second kappa shape index (κ2) is 9.72. The summed E-state index contributed by atoms with van der Waals surface area (Å²) in [5.41, 5.74) is 0.635. The average Bonchev–Trinajstić information content (AvgIpc) is 3.11. The minimum Gasteiger partial charge on any atom is -0.497 e. The average molecular weight is 483 g/mol. The number of non-ortho nitro benzene ring substituents is 1. The molecule has 0 aliphatic rings. The molecule has 172 valence electrons. The van der Waals surface area contributed by atoms with Gasteiger partial charge in [-0.15, -0.1) is 0 Å². The highest BCUT2D eigenvalue weighted by molar-refractivity contribution is 7.92. The molecule has 0 aliphatic carbocycles. The van der Waals surface area contributed by atoms with Gasteiger partial charge in [-0.3, -0.25) is 14.8 Å². The number of nitrogens with zero attached hydrogens (tertiary/aromatic N) is 4. The van der Waals surface area contributed by atoms with E-state index in [0.717, 1.165) is 10.6 Å². The van der Waals surface area contributed by atoms with Crippen LogP contribution in [0, 0.1) is 10.1 Å². The van der Waals surface area contributed by atoms with Gasteiger partial charge in [0.1, 0.15) is 11.3 Å². The predicted molar refractivity (Wildman–Crippen MR) is 122 cm³/mol. The van der Waals surface area contributed by atoms with Crippen LogP contribution < -0.4 is 9.04 Å². The van der Waals surface area contributed by atoms with Gasteiger partial charge in [0.25, 0.3) is 5.69 Å². The Kier molecular flexibility index (Phi) is 7.22. The van der Waals surface area contributed by atoms with Gasteiger partial charge in [0.15, 0.2) is 5.82 Å². The van der Waals surface area contributed by atoms with Gasteiger partial charge in [0.05, 0.1) is 35.2 Å². The Morgan fingerprint density at radius 2 is 1.88 bits per heavy atom. The van der Waals surface area contributed by atoms with Gasteiger partial charge in [-0.05, 0) is 30.2 Å². The van der Waals surface area contributed by atoms with E-state index in [1.165, 1.54) is 23.9 Å². The number of hydrogen-bond acceptors (Lipinski definition) is 7. The Bertz CT molecular complexity index is 1230. The van der Waals surface area contributed by atoms with Crippen molar-refractivity contribution in [2.75, 3.05) is 31.4 Å². The number of aromatic nitrogens is 2. The van der Waals surface area contributed by atoms with Crippen molar-refractivity contribution in [3.63, 3.8) is 0 Å². The van der Waals surface area contributed by atoms with E-state index in [1.54, 1.807) is 31.4 Å². The number of methoxy groups -OCH3 is 2. The van der Waals surface area contributed by atoms with Gasteiger partial charge in [0, 0.05) is 26.3 Å². The van der Waals surface area contributed by atoms with Crippen LogP contribution in [0.4, 0.5) is 11.5 Å². The third kappa shape index (κ3) is 4.95. The summed E-state index contributed by atoms with van der Waals surface area (Å²) in [6, 6.07) is 9.57.